The van der Waals surface area contributed by atoms with E-state index in [0.29, 0.717) is 24.8 Å². The monoisotopic (exact) mass is 253 g/mol. The third-order valence-electron chi connectivity index (χ3n) is 3.88. The zero-order valence-electron chi connectivity index (χ0n) is 10.1. The number of benzene rings is 1. The minimum atomic E-state index is -2.39. The van der Waals surface area contributed by atoms with E-state index in [-0.39, 0.29) is 5.56 Å². The van der Waals surface area contributed by atoms with Crippen LogP contribution in [-0.4, -0.2) is 18.2 Å². The molecule has 0 saturated carbocycles. The van der Waals surface area contributed by atoms with Crippen molar-refractivity contribution in [3.63, 3.8) is 0 Å². The van der Waals surface area contributed by atoms with Gasteiger partial charge >= 0.3 is 0 Å². The fourth-order valence-corrected chi connectivity index (χ4v) is 2.94. The number of ether oxygens (including phenoxy) is 1. The summed E-state index contributed by atoms with van der Waals surface area (Å²) in [6.07, 6.45) is 1.70. The summed E-state index contributed by atoms with van der Waals surface area (Å²) in [7, 11) is 0. The number of halogens is 2. The van der Waals surface area contributed by atoms with Gasteiger partial charge in [-0.05, 0) is 30.9 Å². The van der Waals surface area contributed by atoms with E-state index < -0.39 is 6.43 Å². The quantitative estimate of drug-likeness (QED) is 0.890. The SMILES string of the molecule is FC(F)c1cccc(CNC2CC3CCC2O3)c1. The Morgan fingerprint density at radius 3 is 2.89 bits per heavy atom. The number of rotatable bonds is 4. The van der Waals surface area contributed by atoms with E-state index in [0.717, 1.165) is 18.4 Å². The van der Waals surface area contributed by atoms with Gasteiger partial charge in [0.1, 0.15) is 0 Å². The molecule has 2 heterocycles. The van der Waals surface area contributed by atoms with Crippen LogP contribution in [0.15, 0.2) is 24.3 Å². The van der Waals surface area contributed by atoms with Crippen LogP contribution in [-0.2, 0) is 11.3 Å². The number of fused-ring (bicyclic) bond motifs is 2. The molecule has 2 fully saturated rings. The van der Waals surface area contributed by atoms with Crippen molar-refractivity contribution in [2.45, 2.75) is 50.5 Å². The van der Waals surface area contributed by atoms with E-state index in [9.17, 15) is 8.78 Å². The molecule has 18 heavy (non-hydrogen) atoms. The van der Waals surface area contributed by atoms with Crippen molar-refractivity contribution in [1.82, 2.24) is 5.32 Å². The van der Waals surface area contributed by atoms with Crippen LogP contribution in [0.5, 0.6) is 0 Å². The maximum atomic E-state index is 12.6. The molecule has 98 valence electrons. The summed E-state index contributed by atoms with van der Waals surface area (Å²) in [5.74, 6) is 0. The average molecular weight is 253 g/mol. The molecular formula is C14H17F2NO. The molecule has 2 bridgehead atoms. The highest BCUT2D eigenvalue weighted by Crippen LogP contribution is 2.34. The molecule has 3 atom stereocenters. The Morgan fingerprint density at radius 1 is 1.33 bits per heavy atom. The van der Waals surface area contributed by atoms with Crippen LogP contribution in [0.2, 0.25) is 0 Å². The molecule has 1 aromatic rings. The van der Waals surface area contributed by atoms with E-state index in [2.05, 4.69) is 5.32 Å². The molecule has 0 aliphatic carbocycles. The molecule has 0 radical (unpaired) electrons. The largest absolute Gasteiger partial charge is 0.373 e. The van der Waals surface area contributed by atoms with E-state index in [4.69, 9.17) is 4.74 Å². The van der Waals surface area contributed by atoms with Crippen molar-refractivity contribution >= 4 is 0 Å². The van der Waals surface area contributed by atoms with Gasteiger partial charge in [-0.25, -0.2) is 8.78 Å². The number of hydrogen-bond donors (Lipinski definition) is 1. The van der Waals surface area contributed by atoms with Gasteiger partial charge in [0, 0.05) is 18.2 Å². The van der Waals surface area contributed by atoms with Gasteiger partial charge in [0.25, 0.3) is 6.43 Å². The zero-order valence-corrected chi connectivity index (χ0v) is 10.1. The van der Waals surface area contributed by atoms with Crippen LogP contribution in [0.3, 0.4) is 0 Å². The smallest absolute Gasteiger partial charge is 0.263 e. The Morgan fingerprint density at radius 2 is 2.22 bits per heavy atom. The molecule has 1 N–H and O–H groups in total. The summed E-state index contributed by atoms with van der Waals surface area (Å²) in [5.41, 5.74) is 1.01. The molecule has 2 nitrogen and oxygen atoms in total. The van der Waals surface area contributed by atoms with Crippen LogP contribution in [0.4, 0.5) is 8.78 Å². The fourth-order valence-electron chi connectivity index (χ4n) is 2.94. The Hall–Kier alpha value is -1.00. The van der Waals surface area contributed by atoms with Gasteiger partial charge in [-0.3, -0.25) is 0 Å². The maximum absolute atomic E-state index is 12.6. The molecule has 2 saturated heterocycles. The van der Waals surface area contributed by atoms with Gasteiger partial charge in [0.15, 0.2) is 0 Å². The van der Waals surface area contributed by atoms with Crippen LogP contribution >= 0.6 is 0 Å². The Bertz CT molecular complexity index is 424. The molecule has 0 amide bonds. The number of nitrogens with one attached hydrogen (secondary N) is 1. The molecule has 2 aliphatic rings. The van der Waals surface area contributed by atoms with E-state index >= 15 is 0 Å². The highest BCUT2D eigenvalue weighted by molar-refractivity contribution is 5.24. The van der Waals surface area contributed by atoms with E-state index in [1.807, 2.05) is 6.07 Å². The van der Waals surface area contributed by atoms with E-state index in [1.54, 1.807) is 12.1 Å². The van der Waals surface area contributed by atoms with Gasteiger partial charge in [-0.2, -0.15) is 0 Å². The number of hydrogen-bond acceptors (Lipinski definition) is 2. The molecule has 0 spiro atoms. The molecule has 3 rings (SSSR count). The molecule has 1 aromatic carbocycles. The summed E-state index contributed by atoms with van der Waals surface area (Å²) < 4.78 is 30.9. The third kappa shape index (κ3) is 2.40. The summed E-state index contributed by atoms with van der Waals surface area (Å²) in [5, 5.41) is 3.43. The Kier molecular flexibility index (Phi) is 3.31. The predicted octanol–water partition coefficient (Wildman–Crippen LogP) is 3.03. The highest BCUT2D eigenvalue weighted by atomic mass is 19.3. The highest BCUT2D eigenvalue weighted by Gasteiger charge is 2.40. The minimum absolute atomic E-state index is 0.0958. The number of alkyl halides is 2. The van der Waals surface area contributed by atoms with E-state index in [1.165, 1.54) is 12.5 Å². The Labute approximate surface area is 105 Å². The standard InChI is InChI=1S/C14H17F2NO/c15-14(16)10-3-1-2-9(6-10)8-17-12-7-11-4-5-13(12)18-11/h1-3,6,11-14,17H,4-5,7-8H2. The van der Waals surface area contributed by atoms with Gasteiger partial charge < -0.3 is 10.1 Å². The maximum Gasteiger partial charge on any atom is 0.263 e. The molecule has 3 unspecified atom stereocenters. The van der Waals surface area contributed by atoms with Crippen molar-refractivity contribution in [3.8, 4) is 0 Å². The molecule has 4 heteroatoms. The van der Waals surface area contributed by atoms with Gasteiger partial charge in [-0.15, -0.1) is 0 Å². The van der Waals surface area contributed by atoms with Crippen LogP contribution < -0.4 is 5.32 Å². The van der Waals surface area contributed by atoms with Crippen LogP contribution in [0.25, 0.3) is 0 Å². The van der Waals surface area contributed by atoms with Crippen molar-refractivity contribution in [3.05, 3.63) is 35.4 Å². The lowest BCUT2D eigenvalue weighted by Gasteiger charge is -2.20. The fraction of sp³-hybridized carbons (Fsp3) is 0.571. The summed E-state index contributed by atoms with van der Waals surface area (Å²) in [6, 6.07) is 7.00. The first-order chi connectivity index (χ1) is 8.72. The third-order valence-corrected chi connectivity index (χ3v) is 3.88. The lowest BCUT2D eigenvalue weighted by atomic mass is 9.95. The first-order valence-electron chi connectivity index (χ1n) is 6.48. The first-order valence-corrected chi connectivity index (χ1v) is 6.48. The predicted molar refractivity (Wildman–Crippen MR) is 64.5 cm³/mol. The normalized spacial score (nSPS) is 30.3. The summed E-state index contributed by atoms with van der Waals surface area (Å²) in [6.45, 7) is 0.637. The first kappa shape index (κ1) is 12.1. The Balaban J connectivity index is 1.58. The lowest BCUT2D eigenvalue weighted by molar-refractivity contribution is 0.0972. The second-order valence-corrected chi connectivity index (χ2v) is 5.14. The van der Waals surface area contributed by atoms with Gasteiger partial charge in [0.05, 0.1) is 12.2 Å². The minimum Gasteiger partial charge on any atom is -0.373 e. The summed E-state index contributed by atoms with van der Waals surface area (Å²) in [4.78, 5) is 0. The molecule has 0 aromatic heterocycles. The van der Waals surface area contributed by atoms with Crippen molar-refractivity contribution in [2.75, 3.05) is 0 Å². The van der Waals surface area contributed by atoms with Crippen LogP contribution in [0.1, 0.15) is 36.8 Å². The molecular weight excluding hydrogens is 236 g/mol. The van der Waals surface area contributed by atoms with Crippen molar-refractivity contribution in [1.29, 1.82) is 0 Å². The van der Waals surface area contributed by atoms with Gasteiger partial charge in [-0.1, -0.05) is 18.2 Å². The van der Waals surface area contributed by atoms with Crippen molar-refractivity contribution < 1.29 is 13.5 Å². The second-order valence-electron chi connectivity index (χ2n) is 5.14. The van der Waals surface area contributed by atoms with Crippen molar-refractivity contribution in [2.24, 2.45) is 0 Å². The average Bonchev–Trinajstić information content (AvgIpc) is 2.99. The van der Waals surface area contributed by atoms with Crippen LogP contribution in [0, 0.1) is 0 Å². The topological polar surface area (TPSA) is 21.3 Å². The lowest BCUT2D eigenvalue weighted by Crippen LogP contribution is -2.36. The molecule has 2 aliphatic heterocycles. The summed E-state index contributed by atoms with van der Waals surface area (Å²) >= 11 is 0. The second kappa shape index (κ2) is 4.94. The zero-order chi connectivity index (χ0) is 12.5. The van der Waals surface area contributed by atoms with Gasteiger partial charge in [0.2, 0.25) is 0 Å².